The van der Waals surface area contributed by atoms with Crippen LogP contribution in [0.4, 0.5) is 10.1 Å². The number of benzene rings is 3. The molecule has 0 spiro atoms. The number of halogens is 2. The molecule has 0 saturated carbocycles. The summed E-state index contributed by atoms with van der Waals surface area (Å²) in [6.07, 6.45) is 0. The van der Waals surface area contributed by atoms with Crippen LogP contribution in [0.3, 0.4) is 0 Å². The molecule has 0 unspecified atom stereocenters. The van der Waals surface area contributed by atoms with E-state index in [4.69, 9.17) is 21.1 Å². The van der Waals surface area contributed by atoms with Gasteiger partial charge in [-0.15, -0.1) is 0 Å². The van der Waals surface area contributed by atoms with Crippen molar-refractivity contribution in [3.05, 3.63) is 97.0 Å². The topological polar surface area (TPSA) is 96.5 Å². The predicted molar refractivity (Wildman–Crippen MR) is 125 cm³/mol. The van der Waals surface area contributed by atoms with Crippen molar-refractivity contribution in [2.45, 2.75) is 17.5 Å². The highest BCUT2D eigenvalue weighted by Gasteiger charge is 2.22. The summed E-state index contributed by atoms with van der Waals surface area (Å²) in [6, 6.07) is 13.7. The molecule has 0 radical (unpaired) electrons. The van der Waals surface area contributed by atoms with Gasteiger partial charge in [-0.3, -0.25) is 19.5 Å². The first kappa shape index (κ1) is 22.3. The van der Waals surface area contributed by atoms with E-state index in [1.54, 1.807) is 24.3 Å². The van der Waals surface area contributed by atoms with Crippen LogP contribution in [0.15, 0.2) is 64.5 Å². The fourth-order valence-corrected chi connectivity index (χ4v) is 4.85. The highest BCUT2D eigenvalue weighted by atomic mass is 35.5. The molecule has 1 aromatic heterocycles. The molecular weight excluding hydrogens is 485 g/mol. The molecule has 1 aliphatic rings. The van der Waals surface area contributed by atoms with Gasteiger partial charge in [0.2, 0.25) is 0 Å². The van der Waals surface area contributed by atoms with Crippen LogP contribution in [0.2, 0.25) is 5.02 Å². The lowest BCUT2D eigenvalue weighted by molar-refractivity contribution is -0.385. The Balaban J connectivity index is 1.62. The summed E-state index contributed by atoms with van der Waals surface area (Å²) in [5.74, 6) is 0.136. The van der Waals surface area contributed by atoms with Crippen molar-refractivity contribution >= 4 is 40.0 Å². The fourth-order valence-electron chi connectivity index (χ4n) is 3.70. The van der Waals surface area contributed by atoms with Crippen molar-refractivity contribution in [3.8, 4) is 11.4 Å². The molecular formula is C23H15ClFN3O5S. The number of nitro benzene ring substituents is 1. The lowest BCUT2D eigenvalue weighted by atomic mass is 10.1. The summed E-state index contributed by atoms with van der Waals surface area (Å²) in [6.45, 7) is 0.233. The minimum absolute atomic E-state index is 0.0372. The summed E-state index contributed by atoms with van der Waals surface area (Å²) in [4.78, 5) is 29.0. The second-order valence-corrected chi connectivity index (χ2v) is 8.75. The van der Waals surface area contributed by atoms with E-state index in [1.807, 2.05) is 0 Å². The van der Waals surface area contributed by atoms with Gasteiger partial charge in [0.15, 0.2) is 11.9 Å². The van der Waals surface area contributed by atoms with E-state index in [0.29, 0.717) is 38.6 Å². The average molecular weight is 500 g/mol. The van der Waals surface area contributed by atoms with Gasteiger partial charge in [-0.25, -0.2) is 9.37 Å². The summed E-state index contributed by atoms with van der Waals surface area (Å²) < 4.78 is 26.0. The Morgan fingerprint density at radius 2 is 2.03 bits per heavy atom. The molecule has 34 heavy (non-hydrogen) atoms. The number of nitro groups is 1. The van der Waals surface area contributed by atoms with Crippen molar-refractivity contribution in [2.24, 2.45) is 0 Å². The molecule has 0 aliphatic carbocycles. The second kappa shape index (κ2) is 9.05. The van der Waals surface area contributed by atoms with Crippen LogP contribution in [0, 0.1) is 15.9 Å². The van der Waals surface area contributed by atoms with E-state index in [-0.39, 0.29) is 35.4 Å². The van der Waals surface area contributed by atoms with E-state index in [1.165, 1.54) is 46.7 Å². The van der Waals surface area contributed by atoms with Crippen molar-refractivity contribution in [1.29, 1.82) is 0 Å². The molecule has 0 atom stereocenters. The second-order valence-electron chi connectivity index (χ2n) is 7.40. The maximum Gasteiger partial charge on any atom is 0.270 e. The zero-order valence-electron chi connectivity index (χ0n) is 17.4. The zero-order chi connectivity index (χ0) is 23.8. The van der Waals surface area contributed by atoms with Gasteiger partial charge in [-0.1, -0.05) is 35.5 Å². The third kappa shape index (κ3) is 4.11. The minimum Gasteiger partial charge on any atom is -0.467 e. The summed E-state index contributed by atoms with van der Waals surface area (Å²) in [5, 5.41) is 12.0. The van der Waals surface area contributed by atoms with E-state index in [9.17, 15) is 19.3 Å². The van der Waals surface area contributed by atoms with Crippen LogP contribution >= 0.6 is 23.4 Å². The van der Waals surface area contributed by atoms with Crippen molar-refractivity contribution < 1.29 is 18.8 Å². The Morgan fingerprint density at radius 1 is 1.21 bits per heavy atom. The highest BCUT2D eigenvalue weighted by Crippen LogP contribution is 2.36. The molecule has 8 nitrogen and oxygen atoms in total. The van der Waals surface area contributed by atoms with Crippen LogP contribution in [-0.2, 0) is 17.1 Å². The lowest BCUT2D eigenvalue weighted by Gasteiger charge is -2.20. The number of non-ortho nitro benzene ring substituents is 1. The van der Waals surface area contributed by atoms with E-state index in [2.05, 4.69) is 4.98 Å². The summed E-state index contributed by atoms with van der Waals surface area (Å²) >= 11 is 7.18. The molecule has 3 aromatic carbocycles. The smallest absolute Gasteiger partial charge is 0.270 e. The molecule has 0 fully saturated rings. The monoisotopic (exact) mass is 499 g/mol. The minimum atomic E-state index is -0.607. The van der Waals surface area contributed by atoms with Crippen LogP contribution < -0.4 is 10.3 Å². The quantitative estimate of drug-likeness (QED) is 0.160. The third-order valence-corrected chi connectivity index (χ3v) is 6.52. The van der Waals surface area contributed by atoms with Crippen molar-refractivity contribution in [3.63, 3.8) is 0 Å². The largest absolute Gasteiger partial charge is 0.467 e. The first-order valence-electron chi connectivity index (χ1n) is 10.0. The molecule has 172 valence electrons. The molecule has 0 bridgehead atoms. The average Bonchev–Trinajstić information content (AvgIpc) is 2.84. The number of para-hydroxylation sites is 1. The number of hydrogen-bond acceptors (Lipinski definition) is 7. The number of aromatic nitrogens is 2. The Morgan fingerprint density at radius 3 is 2.82 bits per heavy atom. The summed E-state index contributed by atoms with van der Waals surface area (Å²) in [5.41, 5.74) is 1.56. The molecule has 11 heteroatoms. The lowest BCUT2D eigenvalue weighted by Crippen LogP contribution is -2.22. The van der Waals surface area contributed by atoms with Crippen LogP contribution in [0.5, 0.6) is 5.75 Å². The molecule has 4 aromatic rings. The molecule has 1 aliphatic heterocycles. The van der Waals surface area contributed by atoms with Gasteiger partial charge >= 0.3 is 0 Å². The highest BCUT2D eigenvalue weighted by molar-refractivity contribution is 7.98. The number of hydrogen-bond donors (Lipinski definition) is 0. The first-order valence-corrected chi connectivity index (χ1v) is 11.4. The molecule has 5 rings (SSSR count). The Hall–Kier alpha value is -3.47. The van der Waals surface area contributed by atoms with Gasteiger partial charge in [0, 0.05) is 29.0 Å². The Kier molecular flexibility index (Phi) is 5.94. The standard InChI is InChI=1S/C23H15ClFN3O5S/c24-18-9-15(5-6-19(18)25)27-22(29)17-3-1-2-4-20(17)26-23(27)34-11-14-8-16(28(30)31)7-13-10-32-12-33-21(13)14/h1-9H,10-12H2. The SMILES string of the molecule is O=c1c2ccccc2nc(SCc2cc([N+](=O)[O-])cc3c2OCOC3)n1-c1ccc(F)c(Cl)c1. The first-order chi connectivity index (χ1) is 16.4. The molecule has 0 amide bonds. The van der Waals surface area contributed by atoms with Crippen LogP contribution in [-0.4, -0.2) is 21.3 Å². The molecule has 0 N–H and O–H groups in total. The maximum atomic E-state index is 13.8. The third-order valence-electron chi connectivity index (χ3n) is 5.25. The van der Waals surface area contributed by atoms with Gasteiger partial charge in [0.25, 0.3) is 11.2 Å². The Labute approximate surface area is 201 Å². The van der Waals surface area contributed by atoms with Crippen molar-refractivity contribution in [1.82, 2.24) is 9.55 Å². The molecule has 0 saturated heterocycles. The number of nitrogens with zero attached hydrogens (tertiary/aromatic N) is 3. The van der Waals surface area contributed by atoms with Gasteiger partial charge in [-0.2, -0.15) is 0 Å². The van der Waals surface area contributed by atoms with Crippen molar-refractivity contribution in [2.75, 3.05) is 6.79 Å². The summed E-state index contributed by atoms with van der Waals surface area (Å²) in [7, 11) is 0. The van der Waals surface area contributed by atoms with E-state index < -0.39 is 10.7 Å². The van der Waals surface area contributed by atoms with Gasteiger partial charge in [-0.05, 0) is 30.3 Å². The zero-order valence-corrected chi connectivity index (χ0v) is 18.9. The Bertz CT molecular complexity index is 1510. The predicted octanol–water partition coefficient (Wildman–Crippen LogP) is 5.25. The number of fused-ring (bicyclic) bond motifs is 2. The van der Waals surface area contributed by atoms with E-state index >= 15 is 0 Å². The normalized spacial score (nSPS) is 12.9. The van der Waals surface area contributed by atoms with Gasteiger partial charge in [0.1, 0.15) is 11.6 Å². The number of ether oxygens (including phenoxy) is 2. The fraction of sp³-hybridized carbons (Fsp3) is 0.130. The van der Waals surface area contributed by atoms with Crippen LogP contribution in [0.1, 0.15) is 11.1 Å². The van der Waals surface area contributed by atoms with Gasteiger partial charge in [0.05, 0.1) is 33.1 Å². The maximum absolute atomic E-state index is 13.8. The number of rotatable bonds is 5. The van der Waals surface area contributed by atoms with Gasteiger partial charge < -0.3 is 9.47 Å². The van der Waals surface area contributed by atoms with E-state index in [0.717, 1.165) is 0 Å². The molecule has 2 heterocycles. The van der Waals surface area contributed by atoms with Crippen LogP contribution in [0.25, 0.3) is 16.6 Å². The number of thioether (sulfide) groups is 1.